The summed E-state index contributed by atoms with van der Waals surface area (Å²) in [7, 11) is -3.62. The van der Waals surface area contributed by atoms with Crippen molar-refractivity contribution in [1.82, 2.24) is 14.1 Å². The molecule has 11 heteroatoms. The molecular formula is C21H22ClFN4O3S2. The zero-order chi connectivity index (χ0) is 22.9. The minimum Gasteiger partial charge on any atom is -0.311 e. The Kier molecular flexibility index (Phi) is 6.66. The van der Waals surface area contributed by atoms with Crippen LogP contribution in [0.2, 0.25) is 5.02 Å². The lowest BCUT2D eigenvalue weighted by Gasteiger charge is -2.30. The normalized spacial score (nSPS) is 17.4. The molecule has 1 atom stereocenters. The maximum absolute atomic E-state index is 13.7. The van der Waals surface area contributed by atoms with E-state index in [0.717, 1.165) is 4.88 Å². The van der Waals surface area contributed by atoms with E-state index in [1.807, 2.05) is 6.92 Å². The van der Waals surface area contributed by atoms with E-state index in [4.69, 9.17) is 11.6 Å². The molecule has 0 saturated carbocycles. The molecule has 1 amide bonds. The zero-order valence-corrected chi connectivity index (χ0v) is 19.7. The van der Waals surface area contributed by atoms with E-state index in [0.29, 0.717) is 35.0 Å². The second-order valence-electron chi connectivity index (χ2n) is 7.68. The topological polar surface area (TPSA) is 84.3 Å². The summed E-state index contributed by atoms with van der Waals surface area (Å²) in [4.78, 5) is 13.9. The number of hydrogen-bond acceptors (Lipinski definition) is 5. The van der Waals surface area contributed by atoms with Crippen LogP contribution >= 0.6 is 22.9 Å². The number of rotatable bonds is 6. The third-order valence-electron chi connectivity index (χ3n) is 5.35. The molecule has 1 aliphatic heterocycles. The first-order valence-electron chi connectivity index (χ1n) is 10.1. The molecule has 4 rings (SSSR count). The van der Waals surface area contributed by atoms with Crippen molar-refractivity contribution >= 4 is 44.7 Å². The van der Waals surface area contributed by atoms with E-state index in [-0.39, 0.29) is 24.0 Å². The lowest BCUT2D eigenvalue weighted by Crippen LogP contribution is -2.43. The van der Waals surface area contributed by atoms with Crippen LogP contribution in [-0.2, 0) is 21.4 Å². The molecule has 1 unspecified atom stereocenters. The summed E-state index contributed by atoms with van der Waals surface area (Å²) in [5.74, 6) is -0.808. The highest BCUT2D eigenvalue weighted by molar-refractivity contribution is 7.91. The van der Waals surface area contributed by atoms with Gasteiger partial charge in [0.1, 0.15) is 15.8 Å². The molecule has 32 heavy (non-hydrogen) atoms. The average Bonchev–Trinajstić information content (AvgIpc) is 3.40. The second kappa shape index (κ2) is 9.30. The van der Waals surface area contributed by atoms with Gasteiger partial charge in [-0.2, -0.15) is 9.40 Å². The van der Waals surface area contributed by atoms with Gasteiger partial charge < -0.3 is 5.32 Å². The number of piperidine rings is 1. The van der Waals surface area contributed by atoms with Crippen molar-refractivity contribution in [3.8, 4) is 0 Å². The first kappa shape index (κ1) is 22.9. The van der Waals surface area contributed by atoms with Gasteiger partial charge in [0, 0.05) is 24.0 Å². The highest BCUT2D eigenvalue weighted by Crippen LogP contribution is 2.29. The highest BCUT2D eigenvalue weighted by atomic mass is 35.5. The summed E-state index contributed by atoms with van der Waals surface area (Å²) in [5.41, 5.74) is 0.646. The summed E-state index contributed by atoms with van der Waals surface area (Å²) in [5, 5.41) is 7.08. The molecule has 1 saturated heterocycles. The SMILES string of the molecule is Cc1ccc(S(=O)(=O)N2CCCC(C(=O)Nc3ccnn3Cc3ccc(Cl)c(F)c3)C2)s1. The summed E-state index contributed by atoms with van der Waals surface area (Å²) in [6.45, 7) is 2.63. The molecule has 0 radical (unpaired) electrons. The first-order valence-corrected chi connectivity index (χ1v) is 12.7. The third kappa shape index (κ3) is 4.88. The third-order valence-corrected chi connectivity index (χ3v) is 8.99. The van der Waals surface area contributed by atoms with Crippen molar-refractivity contribution < 1.29 is 17.6 Å². The van der Waals surface area contributed by atoms with Crippen LogP contribution in [-0.4, -0.2) is 41.5 Å². The minimum absolute atomic E-state index is 0.0391. The Bertz CT molecular complexity index is 1240. The lowest BCUT2D eigenvalue weighted by atomic mass is 9.99. The Morgan fingerprint density at radius 1 is 1.31 bits per heavy atom. The number of nitrogens with zero attached hydrogens (tertiary/aromatic N) is 3. The largest absolute Gasteiger partial charge is 0.311 e. The van der Waals surface area contributed by atoms with Gasteiger partial charge in [0.25, 0.3) is 10.0 Å². The number of carbonyl (C=O) groups excluding carboxylic acids is 1. The number of thiophene rings is 1. The van der Waals surface area contributed by atoms with Gasteiger partial charge in [0.15, 0.2) is 0 Å². The van der Waals surface area contributed by atoms with Crippen molar-refractivity contribution in [2.75, 3.05) is 18.4 Å². The molecule has 3 aromatic rings. The number of halogens is 2. The molecule has 170 valence electrons. The van der Waals surface area contributed by atoms with Gasteiger partial charge in [-0.25, -0.2) is 17.5 Å². The van der Waals surface area contributed by atoms with E-state index < -0.39 is 21.8 Å². The fourth-order valence-electron chi connectivity index (χ4n) is 3.66. The molecule has 0 bridgehead atoms. The fourth-order valence-corrected chi connectivity index (χ4v) is 6.74. The van der Waals surface area contributed by atoms with Gasteiger partial charge in [0.05, 0.1) is 23.7 Å². The van der Waals surface area contributed by atoms with Crippen LogP contribution in [0.4, 0.5) is 10.2 Å². The van der Waals surface area contributed by atoms with Crippen LogP contribution in [0, 0.1) is 18.7 Å². The molecule has 1 aliphatic rings. The Hall–Kier alpha value is -2.27. The Morgan fingerprint density at radius 2 is 2.12 bits per heavy atom. The van der Waals surface area contributed by atoms with Crippen LogP contribution in [0.15, 0.2) is 46.8 Å². The molecule has 3 heterocycles. The van der Waals surface area contributed by atoms with Crippen molar-refractivity contribution in [3.63, 3.8) is 0 Å². The number of aromatic nitrogens is 2. The highest BCUT2D eigenvalue weighted by Gasteiger charge is 2.34. The van der Waals surface area contributed by atoms with Gasteiger partial charge in [-0.3, -0.25) is 4.79 Å². The number of amides is 1. The zero-order valence-electron chi connectivity index (χ0n) is 17.3. The van der Waals surface area contributed by atoms with E-state index in [1.165, 1.54) is 27.8 Å². The Balaban J connectivity index is 1.44. The molecule has 7 nitrogen and oxygen atoms in total. The maximum atomic E-state index is 13.7. The van der Waals surface area contributed by atoms with Crippen LogP contribution in [0.1, 0.15) is 23.3 Å². The number of sulfonamides is 1. The van der Waals surface area contributed by atoms with Crippen LogP contribution in [0.25, 0.3) is 0 Å². The molecule has 2 aromatic heterocycles. The summed E-state index contributed by atoms with van der Waals surface area (Å²) < 4.78 is 42.9. The van der Waals surface area contributed by atoms with Gasteiger partial charge in [-0.15, -0.1) is 11.3 Å². The molecule has 0 spiro atoms. The van der Waals surface area contributed by atoms with Gasteiger partial charge in [-0.1, -0.05) is 17.7 Å². The van der Waals surface area contributed by atoms with Crippen LogP contribution < -0.4 is 5.32 Å². The molecular weight excluding hydrogens is 475 g/mol. The molecule has 1 N–H and O–H groups in total. The smallest absolute Gasteiger partial charge is 0.252 e. The summed E-state index contributed by atoms with van der Waals surface area (Å²) in [6.07, 6.45) is 2.74. The molecule has 0 aliphatic carbocycles. The van der Waals surface area contributed by atoms with Crippen LogP contribution in [0.5, 0.6) is 0 Å². The number of anilines is 1. The van der Waals surface area contributed by atoms with E-state index in [9.17, 15) is 17.6 Å². The summed E-state index contributed by atoms with van der Waals surface area (Å²) >= 11 is 6.96. The Morgan fingerprint density at radius 3 is 2.84 bits per heavy atom. The number of hydrogen-bond donors (Lipinski definition) is 1. The van der Waals surface area contributed by atoms with Gasteiger partial charge in [0.2, 0.25) is 5.91 Å². The van der Waals surface area contributed by atoms with Crippen LogP contribution in [0.3, 0.4) is 0 Å². The van der Waals surface area contributed by atoms with Gasteiger partial charge in [-0.05, 0) is 49.6 Å². The van der Waals surface area contributed by atoms with Crippen molar-refractivity contribution in [2.24, 2.45) is 5.92 Å². The number of carbonyl (C=O) groups is 1. The fraction of sp³-hybridized carbons (Fsp3) is 0.333. The van der Waals surface area contributed by atoms with Gasteiger partial charge >= 0.3 is 0 Å². The second-order valence-corrected chi connectivity index (χ2v) is 11.5. The number of benzene rings is 1. The molecule has 1 fully saturated rings. The van der Waals surface area contributed by atoms with E-state index >= 15 is 0 Å². The van der Waals surface area contributed by atoms with E-state index in [1.54, 1.807) is 35.1 Å². The van der Waals surface area contributed by atoms with E-state index in [2.05, 4.69) is 10.4 Å². The lowest BCUT2D eigenvalue weighted by molar-refractivity contribution is -0.120. The van der Waals surface area contributed by atoms with Crippen molar-refractivity contribution in [2.45, 2.75) is 30.5 Å². The maximum Gasteiger partial charge on any atom is 0.252 e. The summed E-state index contributed by atoms with van der Waals surface area (Å²) in [6, 6.07) is 9.52. The Labute approximate surface area is 194 Å². The quantitative estimate of drug-likeness (QED) is 0.556. The predicted molar refractivity (Wildman–Crippen MR) is 122 cm³/mol. The monoisotopic (exact) mass is 496 g/mol. The van der Waals surface area contributed by atoms with Crippen molar-refractivity contribution in [3.05, 3.63) is 63.9 Å². The predicted octanol–water partition coefficient (Wildman–Crippen LogP) is 4.13. The standard InChI is InChI=1S/C21H22ClFN4O3S2/c1-14-4-7-20(31-14)32(29,30)26-10-2-3-16(13-26)21(28)25-19-8-9-24-27(19)12-15-5-6-17(22)18(23)11-15/h4-9,11,16H,2-3,10,12-13H2,1H3,(H,25,28). The number of nitrogens with one attached hydrogen (secondary N) is 1. The molecule has 1 aromatic carbocycles. The van der Waals surface area contributed by atoms with Crippen molar-refractivity contribution in [1.29, 1.82) is 0 Å². The minimum atomic E-state index is -3.62. The number of aryl methyl sites for hydroxylation is 1. The first-order chi connectivity index (χ1) is 15.2. The average molecular weight is 497 g/mol.